The van der Waals surface area contributed by atoms with E-state index < -0.39 is 6.86 Å². The lowest BCUT2D eigenvalue weighted by Gasteiger charge is -2.11. The Morgan fingerprint density at radius 3 is 1.49 bits per heavy atom. The quantitative estimate of drug-likeness (QED) is 0.0664. The number of amides is 4. The highest BCUT2D eigenvalue weighted by Crippen LogP contribution is 2.37. The zero-order valence-electron chi connectivity index (χ0n) is 36.7. The summed E-state index contributed by atoms with van der Waals surface area (Å²) in [6.07, 6.45) is 1.81. The van der Waals surface area contributed by atoms with Gasteiger partial charge in [0.2, 0.25) is 23.6 Å². The first-order chi connectivity index (χ1) is 29.1. The number of ether oxygens (including phenoxy) is 4. The normalized spacial score (nSPS) is 9.73. The molecule has 16 heteroatoms. The van der Waals surface area contributed by atoms with E-state index in [1.807, 2.05) is 54.6 Å². The molecule has 350 valence electrons. The van der Waals surface area contributed by atoms with Gasteiger partial charge >= 0.3 is 0 Å². The molecule has 1 heterocycles. The summed E-state index contributed by atoms with van der Waals surface area (Å²) in [6.45, 7) is 10.7. The third-order valence-corrected chi connectivity index (χ3v) is 9.35. The van der Waals surface area contributed by atoms with Gasteiger partial charge < -0.3 is 40.2 Å². The van der Waals surface area contributed by atoms with Crippen LogP contribution in [0.3, 0.4) is 0 Å². The third kappa shape index (κ3) is 21.3. The van der Waals surface area contributed by atoms with Crippen LogP contribution >= 0.6 is 11.3 Å². The maximum Gasteiger partial charge on any atom is 0.221 e. The van der Waals surface area contributed by atoms with Crippen molar-refractivity contribution in [3.05, 3.63) is 82.5 Å². The Labute approximate surface area is 375 Å². The fraction of sp³-hybridized carbons (Fsp3) is 0.426. The monoisotopic (exact) mass is 902 g/mol. The molecule has 4 amide bonds. The molecule has 5 rings (SSSR count). The summed E-state index contributed by atoms with van der Waals surface area (Å²) in [5.41, 5.74) is 2.65. The number of rotatable bonds is 13. The van der Waals surface area contributed by atoms with Gasteiger partial charge in [-0.1, -0.05) is 59.0 Å². The Morgan fingerprint density at radius 2 is 1.13 bits per heavy atom. The average Bonchev–Trinajstić information content (AvgIpc) is 3.22. The predicted molar refractivity (Wildman–Crippen MR) is 256 cm³/mol. The second-order valence-corrected chi connectivity index (χ2v) is 14.4. The van der Waals surface area contributed by atoms with E-state index in [1.54, 1.807) is 31.6 Å². The van der Waals surface area contributed by atoms with Gasteiger partial charge in [0.1, 0.15) is 18.2 Å². The number of halogens is 2. The van der Waals surface area contributed by atoms with E-state index in [0.29, 0.717) is 35.9 Å². The van der Waals surface area contributed by atoms with Crippen LogP contribution in [0.25, 0.3) is 30.9 Å². The predicted octanol–water partition coefficient (Wildman–Crippen LogP) is 9.78. The first kappa shape index (κ1) is 59.4. The number of carbonyl (C=O) groups excluding carboxylic acids is 4. The Bertz CT molecular complexity index is 2140. The van der Waals surface area contributed by atoms with Crippen molar-refractivity contribution in [2.45, 2.75) is 75.2 Å². The Hall–Kier alpha value is -5.71. The topological polar surface area (TPSA) is 170 Å². The molecule has 5 aromatic rings. The molecule has 0 bridgehead atoms. The van der Waals surface area contributed by atoms with Crippen molar-refractivity contribution >= 4 is 77.3 Å². The molecule has 0 aliphatic carbocycles. The minimum Gasteiger partial charge on any atom is -0.496 e. The van der Waals surface area contributed by atoms with Gasteiger partial charge in [-0.05, 0) is 60.7 Å². The smallest absolute Gasteiger partial charge is 0.221 e. The Balaban J connectivity index is 0. The fourth-order valence-corrected chi connectivity index (χ4v) is 6.54. The van der Waals surface area contributed by atoms with E-state index in [2.05, 4.69) is 50.7 Å². The van der Waals surface area contributed by atoms with Crippen LogP contribution in [0.15, 0.2) is 71.5 Å². The minimum absolute atomic E-state index is 0. The van der Waals surface area contributed by atoms with Crippen LogP contribution in [-0.4, -0.2) is 85.3 Å². The molecule has 4 aromatic carbocycles. The van der Waals surface area contributed by atoms with Gasteiger partial charge in [0.25, 0.3) is 0 Å². The largest absolute Gasteiger partial charge is 0.496 e. The molecule has 0 fully saturated rings. The van der Waals surface area contributed by atoms with Crippen molar-refractivity contribution in [2.24, 2.45) is 0 Å². The van der Waals surface area contributed by atoms with Crippen molar-refractivity contribution in [2.75, 3.05) is 72.3 Å². The van der Waals surface area contributed by atoms with Crippen molar-refractivity contribution < 1.29 is 46.9 Å². The molecular weight excluding hydrogens is 835 g/mol. The lowest BCUT2D eigenvalue weighted by molar-refractivity contribution is -0.120. The Kier molecular flexibility index (Phi) is 31.0. The summed E-state index contributed by atoms with van der Waals surface area (Å²) >= 11 is 1.56. The zero-order chi connectivity index (χ0) is 45.9. The highest BCUT2D eigenvalue weighted by atomic mass is 32.1. The van der Waals surface area contributed by atoms with Crippen LogP contribution < -0.4 is 36.2 Å². The number of nitrogens with one attached hydrogen (secondary N) is 4. The van der Waals surface area contributed by atoms with Crippen LogP contribution in [0.2, 0.25) is 0 Å². The van der Waals surface area contributed by atoms with E-state index in [1.165, 1.54) is 41.9 Å². The summed E-state index contributed by atoms with van der Waals surface area (Å²) in [5.74, 6) is 1.43. The maximum atomic E-state index is 13.0. The standard InChI is InChI=1S/C18H18O3S.C14H14N2O2.C8H16N2O2.C3H7FO.C2H5FO.2CH4/c1-10(2)11-5-8-15-12(9-11)17(19)16-13(20-3)6-7-14(21-4)18(16)22-15;1-9(17)15-13-7-3-6-12-11(13)5-4-8-14(12)16-10(2)18;1-7(11)9-5-3-4-6-10-8(2)12;1-5-3-2-4;1-4-2-3;;/h5-10H,1-4H3;3-8H,1-2H3,(H,15,17)(H,16,18);3-6H2,1-2H3,(H,9,11)(H,10,12);2-3H2,1H3;2H2,1H3;2*1H4. The lowest BCUT2D eigenvalue weighted by atomic mass is 10.0. The summed E-state index contributed by atoms with van der Waals surface area (Å²) in [4.78, 5) is 56.1. The molecule has 13 nitrogen and oxygen atoms in total. The van der Waals surface area contributed by atoms with Crippen molar-refractivity contribution in [1.82, 2.24) is 10.6 Å². The van der Waals surface area contributed by atoms with Gasteiger partial charge in [-0.15, -0.1) is 11.3 Å². The number of fused-ring (bicyclic) bond motifs is 3. The number of unbranched alkanes of at least 4 members (excludes halogenated alkanes) is 1. The van der Waals surface area contributed by atoms with E-state index in [-0.39, 0.29) is 57.2 Å². The van der Waals surface area contributed by atoms with Gasteiger partial charge in [-0.2, -0.15) is 0 Å². The van der Waals surface area contributed by atoms with Crippen molar-refractivity contribution in [3.63, 3.8) is 0 Å². The molecule has 0 saturated heterocycles. The van der Waals surface area contributed by atoms with Crippen LogP contribution in [0, 0.1) is 0 Å². The van der Waals surface area contributed by atoms with Crippen LogP contribution in [-0.2, 0) is 28.7 Å². The lowest BCUT2D eigenvalue weighted by Crippen LogP contribution is -2.24. The van der Waals surface area contributed by atoms with Crippen molar-refractivity contribution in [1.29, 1.82) is 0 Å². The highest BCUT2D eigenvalue weighted by molar-refractivity contribution is 7.25. The SMILES string of the molecule is C.C.CC(=O)NCCCCNC(C)=O.CC(=O)Nc1cccc2c(NC(C)=O)cccc12.COCCF.COCF.COc1ccc(OC)c2c(=O)c3cc(C(C)C)ccc3sc12. The van der Waals surface area contributed by atoms with Crippen LogP contribution in [0.5, 0.6) is 11.5 Å². The van der Waals surface area contributed by atoms with E-state index in [4.69, 9.17) is 9.47 Å². The summed E-state index contributed by atoms with van der Waals surface area (Å²) in [7, 11) is 5.98. The average molecular weight is 903 g/mol. The number of carbonyl (C=O) groups is 4. The molecule has 63 heavy (non-hydrogen) atoms. The fourth-order valence-electron chi connectivity index (χ4n) is 5.37. The zero-order valence-corrected chi connectivity index (χ0v) is 37.5. The number of alkyl halides is 2. The van der Waals surface area contributed by atoms with Crippen LogP contribution in [0.4, 0.5) is 20.2 Å². The van der Waals surface area contributed by atoms with E-state index in [9.17, 15) is 32.8 Å². The molecule has 0 aliphatic heterocycles. The number of hydrogen-bond acceptors (Lipinski definition) is 10. The summed E-state index contributed by atoms with van der Waals surface area (Å²) in [5, 5.41) is 14.1. The second-order valence-electron chi connectivity index (χ2n) is 13.3. The van der Waals surface area contributed by atoms with Gasteiger partial charge in [0, 0.05) is 87.2 Å². The number of methoxy groups -OCH3 is 4. The molecular formula is C47H68F2N4O9S. The number of benzene rings is 4. The molecule has 0 unspecified atom stereocenters. The molecule has 0 spiro atoms. The highest BCUT2D eigenvalue weighted by Gasteiger charge is 2.15. The second kappa shape index (κ2) is 32.9. The molecule has 0 saturated carbocycles. The molecule has 1 aromatic heterocycles. The molecule has 0 radical (unpaired) electrons. The maximum absolute atomic E-state index is 13.0. The first-order valence-corrected chi connectivity index (χ1v) is 20.2. The first-order valence-electron chi connectivity index (χ1n) is 19.4. The number of anilines is 2. The molecule has 0 atom stereocenters. The summed E-state index contributed by atoms with van der Waals surface area (Å²) < 4.78 is 42.2. The van der Waals surface area contributed by atoms with Gasteiger partial charge in [0.15, 0.2) is 12.3 Å². The number of hydrogen-bond donors (Lipinski definition) is 4. The van der Waals surface area contributed by atoms with Gasteiger partial charge in [-0.25, -0.2) is 8.78 Å². The van der Waals surface area contributed by atoms with E-state index >= 15 is 0 Å². The molecule has 0 aliphatic rings. The van der Waals surface area contributed by atoms with Crippen molar-refractivity contribution in [3.8, 4) is 11.5 Å². The Morgan fingerprint density at radius 1 is 0.651 bits per heavy atom. The van der Waals surface area contributed by atoms with E-state index in [0.717, 1.165) is 55.3 Å². The molecule has 4 N–H and O–H groups in total. The van der Waals surface area contributed by atoms with Crippen LogP contribution in [0.1, 0.15) is 80.7 Å². The summed E-state index contributed by atoms with van der Waals surface area (Å²) in [6, 6.07) is 20.9. The van der Waals surface area contributed by atoms with Gasteiger partial charge in [0.05, 0.1) is 30.9 Å². The minimum atomic E-state index is -0.681. The van der Waals surface area contributed by atoms with Gasteiger partial charge in [-0.3, -0.25) is 24.0 Å². The third-order valence-electron chi connectivity index (χ3n) is 8.16.